The van der Waals surface area contributed by atoms with E-state index in [2.05, 4.69) is 4.90 Å². The third kappa shape index (κ3) is 2.71. The van der Waals surface area contributed by atoms with Crippen LogP contribution in [-0.2, 0) is 4.74 Å². The van der Waals surface area contributed by atoms with Crippen LogP contribution in [0.3, 0.4) is 0 Å². The van der Waals surface area contributed by atoms with Gasteiger partial charge >= 0.3 is 0 Å². The van der Waals surface area contributed by atoms with Crippen molar-refractivity contribution in [2.45, 2.75) is 6.10 Å². The van der Waals surface area contributed by atoms with Gasteiger partial charge in [-0.3, -0.25) is 4.90 Å². The molecule has 1 rings (SSSR count). The third-order valence-corrected chi connectivity index (χ3v) is 2.12. The molecule has 2 N–H and O–H groups in total. The lowest BCUT2D eigenvalue weighted by Crippen LogP contribution is -2.51. The van der Waals surface area contributed by atoms with Crippen LogP contribution in [0, 0.1) is 5.92 Å². The fraction of sp³-hybridized carbons (Fsp3) is 1.00. The van der Waals surface area contributed by atoms with Gasteiger partial charge in [-0.1, -0.05) is 0 Å². The average molecular weight is 175 g/mol. The Kier molecular flexibility index (Phi) is 3.94. The number of hydrogen-bond acceptors (Lipinski definition) is 4. The van der Waals surface area contributed by atoms with Crippen LogP contribution in [0.5, 0.6) is 0 Å². The van der Waals surface area contributed by atoms with Gasteiger partial charge in [0.15, 0.2) is 0 Å². The zero-order valence-corrected chi connectivity index (χ0v) is 7.44. The SMILES string of the molecule is COCC(O)CN1CC(CO)C1. The van der Waals surface area contributed by atoms with Crippen molar-refractivity contribution in [3.05, 3.63) is 0 Å². The molecule has 1 fully saturated rings. The molecule has 1 atom stereocenters. The van der Waals surface area contributed by atoms with E-state index in [1.165, 1.54) is 0 Å². The van der Waals surface area contributed by atoms with Crippen LogP contribution in [0.15, 0.2) is 0 Å². The number of aliphatic hydroxyl groups excluding tert-OH is 2. The molecule has 0 radical (unpaired) electrons. The molecule has 12 heavy (non-hydrogen) atoms. The highest BCUT2D eigenvalue weighted by Crippen LogP contribution is 2.14. The molecule has 0 aliphatic carbocycles. The van der Waals surface area contributed by atoms with Crippen LogP contribution >= 0.6 is 0 Å². The largest absolute Gasteiger partial charge is 0.396 e. The summed E-state index contributed by atoms with van der Waals surface area (Å²) in [4.78, 5) is 2.12. The van der Waals surface area contributed by atoms with Gasteiger partial charge in [-0.05, 0) is 0 Å². The summed E-state index contributed by atoms with van der Waals surface area (Å²) >= 11 is 0. The fourth-order valence-electron chi connectivity index (χ4n) is 1.48. The molecular weight excluding hydrogens is 158 g/mol. The first-order chi connectivity index (χ1) is 5.76. The van der Waals surface area contributed by atoms with E-state index in [1.807, 2.05) is 0 Å². The van der Waals surface area contributed by atoms with E-state index in [4.69, 9.17) is 9.84 Å². The van der Waals surface area contributed by atoms with Crippen molar-refractivity contribution in [3.63, 3.8) is 0 Å². The first kappa shape index (κ1) is 9.92. The van der Waals surface area contributed by atoms with E-state index in [1.54, 1.807) is 7.11 Å². The Labute approximate surface area is 72.7 Å². The Morgan fingerprint density at radius 3 is 2.75 bits per heavy atom. The molecule has 0 bridgehead atoms. The van der Waals surface area contributed by atoms with Crippen molar-refractivity contribution >= 4 is 0 Å². The molecule has 1 aliphatic rings. The molecule has 0 aromatic heterocycles. The quantitative estimate of drug-likeness (QED) is 0.558. The van der Waals surface area contributed by atoms with Crippen molar-refractivity contribution in [2.75, 3.05) is 40.0 Å². The van der Waals surface area contributed by atoms with Crippen LogP contribution < -0.4 is 0 Å². The maximum absolute atomic E-state index is 9.31. The van der Waals surface area contributed by atoms with Crippen molar-refractivity contribution < 1.29 is 14.9 Å². The predicted octanol–water partition coefficient (Wildman–Crippen LogP) is -1.08. The smallest absolute Gasteiger partial charge is 0.0900 e. The van der Waals surface area contributed by atoms with E-state index in [0.29, 0.717) is 19.1 Å². The normalized spacial score (nSPS) is 22.2. The lowest BCUT2D eigenvalue weighted by molar-refractivity contribution is -0.00969. The number of hydrogen-bond donors (Lipinski definition) is 2. The molecule has 1 unspecified atom stereocenters. The topological polar surface area (TPSA) is 52.9 Å². The molecule has 0 aromatic rings. The molecule has 4 heteroatoms. The number of nitrogens with zero attached hydrogens (tertiary/aromatic N) is 1. The minimum atomic E-state index is -0.394. The van der Waals surface area contributed by atoms with Crippen LogP contribution in [0.2, 0.25) is 0 Å². The van der Waals surface area contributed by atoms with E-state index < -0.39 is 6.10 Å². The molecule has 72 valence electrons. The van der Waals surface area contributed by atoms with Gasteiger partial charge in [0.1, 0.15) is 0 Å². The lowest BCUT2D eigenvalue weighted by Gasteiger charge is -2.39. The molecule has 1 saturated heterocycles. The van der Waals surface area contributed by atoms with Gasteiger partial charge in [-0.15, -0.1) is 0 Å². The number of β-amino-alcohol motifs (C(OH)–C–C–N with tert-alkyl or cyclic N) is 1. The summed E-state index contributed by atoms with van der Waals surface area (Å²) in [6.45, 7) is 3.11. The summed E-state index contributed by atoms with van der Waals surface area (Å²) in [5.41, 5.74) is 0. The van der Waals surface area contributed by atoms with Gasteiger partial charge < -0.3 is 14.9 Å². The monoisotopic (exact) mass is 175 g/mol. The Morgan fingerprint density at radius 2 is 2.25 bits per heavy atom. The number of likely N-dealkylation sites (tertiary alicyclic amines) is 1. The minimum Gasteiger partial charge on any atom is -0.396 e. The summed E-state index contributed by atoms with van der Waals surface area (Å²) in [5.74, 6) is 0.416. The zero-order chi connectivity index (χ0) is 8.97. The second-order valence-electron chi connectivity index (χ2n) is 3.38. The van der Waals surface area contributed by atoms with E-state index in [-0.39, 0.29) is 6.61 Å². The molecule has 1 aliphatic heterocycles. The first-order valence-electron chi connectivity index (χ1n) is 4.26. The second-order valence-corrected chi connectivity index (χ2v) is 3.38. The highest BCUT2D eigenvalue weighted by atomic mass is 16.5. The Hall–Kier alpha value is -0.160. The third-order valence-electron chi connectivity index (χ3n) is 2.12. The molecule has 0 saturated carbocycles. The number of methoxy groups -OCH3 is 1. The predicted molar refractivity (Wildman–Crippen MR) is 44.9 cm³/mol. The lowest BCUT2D eigenvalue weighted by atomic mass is 10.0. The molecule has 4 nitrogen and oxygen atoms in total. The fourth-order valence-corrected chi connectivity index (χ4v) is 1.48. The maximum atomic E-state index is 9.31. The van der Waals surface area contributed by atoms with E-state index in [0.717, 1.165) is 13.1 Å². The molecule has 0 aromatic carbocycles. The number of ether oxygens (including phenoxy) is 1. The average Bonchev–Trinajstić information content (AvgIpc) is 1.96. The van der Waals surface area contributed by atoms with Gasteiger partial charge in [0, 0.05) is 39.3 Å². The standard InChI is InChI=1S/C8H17NO3/c1-12-6-8(11)4-9-2-7(3-9)5-10/h7-8,10-11H,2-6H2,1H3. The molecule has 0 amide bonds. The van der Waals surface area contributed by atoms with Gasteiger partial charge in [0.2, 0.25) is 0 Å². The second kappa shape index (κ2) is 4.77. The van der Waals surface area contributed by atoms with Gasteiger partial charge in [0.05, 0.1) is 12.7 Å². The molecular formula is C8H17NO3. The highest BCUT2D eigenvalue weighted by Gasteiger charge is 2.26. The van der Waals surface area contributed by atoms with Crippen molar-refractivity contribution in [1.82, 2.24) is 4.90 Å². The maximum Gasteiger partial charge on any atom is 0.0900 e. The first-order valence-corrected chi connectivity index (χ1v) is 4.26. The summed E-state index contributed by atoms with van der Waals surface area (Å²) < 4.78 is 4.80. The molecule has 0 spiro atoms. The van der Waals surface area contributed by atoms with Gasteiger partial charge in [-0.2, -0.15) is 0 Å². The van der Waals surface area contributed by atoms with Crippen LogP contribution in [-0.4, -0.2) is 61.2 Å². The Balaban J connectivity index is 2.02. The summed E-state index contributed by atoms with van der Waals surface area (Å²) in [6.07, 6.45) is -0.394. The Morgan fingerprint density at radius 1 is 1.58 bits per heavy atom. The minimum absolute atomic E-state index is 0.261. The van der Waals surface area contributed by atoms with Crippen molar-refractivity contribution in [1.29, 1.82) is 0 Å². The van der Waals surface area contributed by atoms with Gasteiger partial charge in [-0.25, -0.2) is 0 Å². The summed E-state index contributed by atoms with van der Waals surface area (Å²) in [7, 11) is 1.58. The Bertz CT molecular complexity index is 125. The summed E-state index contributed by atoms with van der Waals surface area (Å²) in [5, 5.41) is 18.0. The molecule has 1 heterocycles. The summed E-state index contributed by atoms with van der Waals surface area (Å²) in [6, 6.07) is 0. The van der Waals surface area contributed by atoms with Crippen LogP contribution in [0.25, 0.3) is 0 Å². The highest BCUT2D eigenvalue weighted by molar-refractivity contribution is 4.80. The van der Waals surface area contributed by atoms with Crippen molar-refractivity contribution in [2.24, 2.45) is 5.92 Å². The number of rotatable bonds is 5. The van der Waals surface area contributed by atoms with Gasteiger partial charge in [0.25, 0.3) is 0 Å². The van der Waals surface area contributed by atoms with Crippen LogP contribution in [0.1, 0.15) is 0 Å². The number of aliphatic hydroxyl groups is 2. The van der Waals surface area contributed by atoms with E-state index >= 15 is 0 Å². The van der Waals surface area contributed by atoms with E-state index in [9.17, 15) is 5.11 Å². The van der Waals surface area contributed by atoms with Crippen LogP contribution in [0.4, 0.5) is 0 Å². The zero-order valence-electron chi connectivity index (χ0n) is 7.44. The van der Waals surface area contributed by atoms with Crippen molar-refractivity contribution in [3.8, 4) is 0 Å².